The molecule has 0 unspecified atom stereocenters. The normalized spacial score (nSPS) is 17.1. The summed E-state index contributed by atoms with van der Waals surface area (Å²) in [5.74, 6) is 2.03. The molecule has 2 N–H and O–H groups in total. The molecule has 1 saturated heterocycles. The summed E-state index contributed by atoms with van der Waals surface area (Å²) in [5, 5.41) is 4.41. The van der Waals surface area contributed by atoms with Crippen LogP contribution in [0.25, 0.3) is 11.0 Å². The SMILES string of the molecule is CC(C)c1ccccc1NCC(=O)C[C@@H]1CCCN(c2ncnc3[nH]ccc23)C1. The lowest BCUT2D eigenvalue weighted by molar-refractivity contribution is -0.118. The van der Waals surface area contributed by atoms with Gasteiger partial charge in [-0.2, -0.15) is 0 Å². The van der Waals surface area contributed by atoms with Crippen molar-refractivity contribution in [2.75, 3.05) is 29.9 Å². The number of Topliss-reactive ketones (excluding diaryl/α,β-unsaturated/α-hetero) is 1. The lowest BCUT2D eigenvalue weighted by Gasteiger charge is -2.33. The Morgan fingerprint density at radius 3 is 3.00 bits per heavy atom. The quantitative estimate of drug-likeness (QED) is 0.626. The fourth-order valence-electron chi connectivity index (χ4n) is 4.28. The summed E-state index contributed by atoms with van der Waals surface area (Å²) in [6.07, 6.45) is 6.28. The zero-order valence-electron chi connectivity index (χ0n) is 17.2. The second kappa shape index (κ2) is 8.64. The maximum absolute atomic E-state index is 12.7. The summed E-state index contributed by atoms with van der Waals surface area (Å²) < 4.78 is 0. The van der Waals surface area contributed by atoms with Crippen molar-refractivity contribution in [1.29, 1.82) is 0 Å². The number of aromatic amines is 1. The highest BCUT2D eigenvalue weighted by molar-refractivity contribution is 5.87. The molecule has 2 aromatic heterocycles. The standard InChI is InChI=1S/C23H29N5O/c1-16(2)19-7-3-4-8-21(19)25-13-18(29)12-17-6-5-11-28(14-17)23-20-9-10-24-22(20)26-15-27-23/h3-4,7-10,15-17,25H,5-6,11-14H2,1-2H3,(H,24,26,27)/t17-/m0/s1. The van der Waals surface area contributed by atoms with E-state index in [-0.39, 0.29) is 5.78 Å². The van der Waals surface area contributed by atoms with E-state index in [1.54, 1.807) is 6.33 Å². The second-order valence-electron chi connectivity index (χ2n) is 8.23. The minimum atomic E-state index is 0.268. The number of benzene rings is 1. The number of nitrogens with zero attached hydrogens (tertiary/aromatic N) is 3. The molecule has 0 aliphatic carbocycles. The van der Waals surface area contributed by atoms with Crippen LogP contribution in [-0.4, -0.2) is 40.4 Å². The molecule has 152 valence electrons. The van der Waals surface area contributed by atoms with E-state index >= 15 is 0 Å². The van der Waals surface area contributed by atoms with E-state index in [1.807, 2.05) is 24.4 Å². The number of carbonyl (C=O) groups is 1. The first-order valence-corrected chi connectivity index (χ1v) is 10.5. The third-order valence-electron chi connectivity index (χ3n) is 5.73. The van der Waals surface area contributed by atoms with Gasteiger partial charge in [0.15, 0.2) is 5.78 Å². The van der Waals surface area contributed by atoms with Gasteiger partial charge in [-0.15, -0.1) is 0 Å². The van der Waals surface area contributed by atoms with Crippen LogP contribution in [0.15, 0.2) is 42.9 Å². The molecule has 1 aliphatic heterocycles. The number of fused-ring (bicyclic) bond motifs is 1. The lowest BCUT2D eigenvalue weighted by Crippen LogP contribution is -2.37. The highest BCUT2D eigenvalue weighted by atomic mass is 16.1. The molecule has 1 fully saturated rings. The van der Waals surface area contributed by atoms with Gasteiger partial charge in [-0.05, 0) is 42.4 Å². The van der Waals surface area contributed by atoms with Gasteiger partial charge in [-0.25, -0.2) is 9.97 Å². The third kappa shape index (κ3) is 4.42. The molecule has 1 aliphatic rings. The van der Waals surface area contributed by atoms with Crippen LogP contribution < -0.4 is 10.2 Å². The first kappa shape index (κ1) is 19.4. The van der Waals surface area contributed by atoms with Gasteiger partial charge in [-0.1, -0.05) is 32.0 Å². The minimum absolute atomic E-state index is 0.268. The maximum Gasteiger partial charge on any atom is 0.152 e. The number of hydrogen-bond acceptors (Lipinski definition) is 5. The summed E-state index contributed by atoms with van der Waals surface area (Å²) >= 11 is 0. The summed E-state index contributed by atoms with van der Waals surface area (Å²) in [4.78, 5) is 26.9. The number of piperidine rings is 1. The molecular weight excluding hydrogens is 362 g/mol. The zero-order chi connectivity index (χ0) is 20.2. The molecule has 1 aromatic carbocycles. The first-order valence-electron chi connectivity index (χ1n) is 10.5. The fraction of sp³-hybridized carbons (Fsp3) is 0.435. The maximum atomic E-state index is 12.7. The van der Waals surface area contributed by atoms with Gasteiger partial charge in [0, 0.05) is 31.4 Å². The Hall–Kier alpha value is -2.89. The third-order valence-corrected chi connectivity index (χ3v) is 5.73. The number of para-hydroxylation sites is 1. The Morgan fingerprint density at radius 1 is 1.28 bits per heavy atom. The van der Waals surface area contributed by atoms with Crippen molar-refractivity contribution in [1.82, 2.24) is 15.0 Å². The van der Waals surface area contributed by atoms with Crippen molar-refractivity contribution in [3.63, 3.8) is 0 Å². The predicted molar refractivity (Wildman–Crippen MR) is 117 cm³/mol. The number of hydrogen-bond donors (Lipinski definition) is 2. The summed E-state index contributed by atoms with van der Waals surface area (Å²) in [5.41, 5.74) is 3.18. The van der Waals surface area contributed by atoms with Gasteiger partial charge in [0.25, 0.3) is 0 Å². The number of rotatable bonds is 7. The van der Waals surface area contributed by atoms with Crippen molar-refractivity contribution in [2.24, 2.45) is 5.92 Å². The molecule has 0 saturated carbocycles. The minimum Gasteiger partial charge on any atom is -0.378 e. The van der Waals surface area contributed by atoms with Crippen molar-refractivity contribution < 1.29 is 4.79 Å². The van der Waals surface area contributed by atoms with Crippen molar-refractivity contribution >= 4 is 28.3 Å². The number of anilines is 2. The Morgan fingerprint density at radius 2 is 2.14 bits per heavy atom. The van der Waals surface area contributed by atoms with Crippen LogP contribution in [-0.2, 0) is 4.79 Å². The Bertz CT molecular complexity index is 980. The van der Waals surface area contributed by atoms with Crippen molar-refractivity contribution in [3.8, 4) is 0 Å². The molecule has 0 amide bonds. The van der Waals surface area contributed by atoms with Crippen LogP contribution in [0, 0.1) is 5.92 Å². The van der Waals surface area contributed by atoms with Crippen LogP contribution in [0.3, 0.4) is 0 Å². The highest BCUT2D eigenvalue weighted by Gasteiger charge is 2.24. The molecular formula is C23H29N5O. The van der Waals surface area contributed by atoms with Crippen LogP contribution >= 0.6 is 0 Å². The average molecular weight is 392 g/mol. The number of nitrogens with one attached hydrogen (secondary N) is 2. The van der Waals surface area contributed by atoms with Gasteiger partial charge in [0.1, 0.15) is 17.8 Å². The van der Waals surface area contributed by atoms with Gasteiger partial charge < -0.3 is 15.2 Å². The van der Waals surface area contributed by atoms with E-state index in [9.17, 15) is 4.79 Å². The monoisotopic (exact) mass is 391 g/mol. The van der Waals surface area contributed by atoms with E-state index in [4.69, 9.17) is 0 Å². The molecule has 0 spiro atoms. The second-order valence-corrected chi connectivity index (χ2v) is 8.23. The van der Waals surface area contributed by atoms with Crippen LogP contribution in [0.1, 0.15) is 44.6 Å². The molecule has 3 aromatic rings. The van der Waals surface area contributed by atoms with E-state index in [0.29, 0.717) is 24.8 Å². The number of H-pyrrole nitrogens is 1. The molecule has 3 heterocycles. The van der Waals surface area contributed by atoms with E-state index in [0.717, 1.165) is 48.5 Å². The molecule has 4 rings (SSSR count). The Balaban J connectivity index is 1.36. The number of ketones is 1. The van der Waals surface area contributed by atoms with Gasteiger partial charge in [0.05, 0.1) is 11.9 Å². The van der Waals surface area contributed by atoms with Gasteiger partial charge >= 0.3 is 0 Å². The smallest absolute Gasteiger partial charge is 0.152 e. The number of carbonyl (C=O) groups excluding carboxylic acids is 1. The van der Waals surface area contributed by atoms with Gasteiger partial charge in [0.2, 0.25) is 0 Å². The largest absolute Gasteiger partial charge is 0.378 e. The fourth-order valence-corrected chi connectivity index (χ4v) is 4.28. The number of aromatic nitrogens is 3. The topological polar surface area (TPSA) is 73.9 Å². The molecule has 29 heavy (non-hydrogen) atoms. The molecule has 0 radical (unpaired) electrons. The van der Waals surface area contributed by atoms with Crippen molar-refractivity contribution in [2.45, 2.75) is 39.0 Å². The summed E-state index contributed by atoms with van der Waals surface area (Å²) in [7, 11) is 0. The molecule has 6 heteroatoms. The van der Waals surface area contributed by atoms with Crippen molar-refractivity contribution in [3.05, 3.63) is 48.4 Å². The van der Waals surface area contributed by atoms with Gasteiger partial charge in [-0.3, -0.25) is 4.79 Å². The molecule has 1 atom stereocenters. The summed E-state index contributed by atoms with van der Waals surface area (Å²) in [6, 6.07) is 10.3. The van der Waals surface area contributed by atoms with E-state index in [2.05, 4.69) is 51.1 Å². The van der Waals surface area contributed by atoms with Crippen LogP contribution in [0.5, 0.6) is 0 Å². The zero-order valence-corrected chi connectivity index (χ0v) is 17.2. The molecule has 6 nitrogen and oxygen atoms in total. The van der Waals surface area contributed by atoms with Crippen LogP contribution in [0.4, 0.5) is 11.5 Å². The molecule has 0 bridgehead atoms. The van der Waals surface area contributed by atoms with E-state index < -0.39 is 0 Å². The Labute approximate surface area is 171 Å². The predicted octanol–water partition coefficient (Wildman–Crippen LogP) is 4.37. The van der Waals surface area contributed by atoms with E-state index in [1.165, 1.54) is 5.56 Å². The summed E-state index contributed by atoms with van der Waals surface area (Å²) in [6.45, 7) is 6.57. The Kier molecular flexibility index (Phi) is 5.79. The highest BCUT2D eigenvalue weighted by Crippen LogP contribution is 2.28. The lowest BCUT2D eigenvalue weighted by atomic mass is 9.92. The van der Waals surface area contributed by atoms with Crippen LogP contribution in [0.2, 0.25) is 0 Å². The average Bonchev–Trinajstić information content (AvgIpc) is 3.21. The first-order chi connectivity index (χ1) is 14.1.